The summed E-state index contributed by atoms with van der Waals surface area (Å²) in [5.74, 6) is 1.72. The van der Waals surface area contributed by atoms with Gasteiger partial charge in [-0.05, 0) is 63.7 Å². The minimum Gasteiger partial charge on any atom is -0.341 e. The zero-order valence-electron chi connectivity index (χ0n) is 20.5. The van der Waals surface area contributed by atoms with Gasteiger partial charge in [0.1, 0.15) is 5.82 Å². The zero-order valence-corrected chi connectivity index (χ0v) is 20.5. The lowest BCUT2D eigenvalue weighted by molar-refractivity contribution is -0.127. The van der Waals surface area contributed by atoms with Crippen LogP contribution in [0.2, 0.25) is 0 Å². The maximum atomic E-state index is 13.8. The molecular weight excluding hydrogens is 368 g/mol. The van der Waals surface area contributed by atoms with E-state index >= 15 is 0 Å². The lowest BCUT2D eigenvalue weighted by atomic mass is 9.79. The van der Waals surface area contributed by atoms with E-state index in [0.717, 1.165) is 23.5 Å². The second-order valence-electron chi connectivity index (χ2n) is 9.11. The number of nitrogens with one attached hydrogen (secondary N) is 1. The average Bonchev–Trinajstić information content (AvgIpc) is 3.06. The lowest BCUT2D eigenvalue weighted by Gasteiger charge is -2.34. The SMILES string of the molecule is CC=CC(=CC)C(C)CC(C)(C)C(=O)N(CC(C)C)c1cc(C=CC)c(/C=C\C)[nH]1. The summed E-state index contributed by atoms with van der Waals surface area (Å²) >= 11 is 0. The van der Waals surface area contributed by atoms with Crippen molar-refractivity contribution in [1.82, 2.24) is 4.98 Å². The molecule has 0 fully saturated rings. The van der Waals surface area contributed by atoms with Crippen LogP contribution in [0.5, 0.6) is 0 Å². The van der Waals surface area contributed by atoms with Gasteiger partial charge in [0, 0.05) is 23.2 Å². The molecule has 0 aliphatic rings. The Bertz CT molecular complexity index is 773. The number of carbonyl (C=O) groups excluding carboxylic acids is 1. The molecule has 1 amide bonds. The summed E-state index contributed by atoms with van der Waals surface area (Å²) in [7, 11) is 0. The van der Waals surface area contributed by atoms with Crippen molar-refractivity contribution in [1.29, 1.82) is 0 Å². The van der Waals surface area contributed by atoms with E-state index in [1.807, 2.05) is 37.8 Å². The molecule has 0 radical (unpaired) electrons. The number of aromatic amines is 1. The Hall–Kier alpha value is -2.29. The number of hydrogen-bond donors (Lipinski definition) is 1. The molecule has 0 aliphatic heterocycles. The van der Waals surface area contributed by atoms with E-state index in [0.29, 0.717) is 18.4 Å². The van der Waals surface area contributed by atoms with Crippen LogP contribution in [0.3, 0.4) is 0 Å². The Morgan fingerprint density at radius 3 is 2.20 bits per heavy atom. The third kappa shape index (κ3) is 6.90. The summed E-state index contributed by atoms with van der Waals surface area (Å²) in [6.07, 6.45) is 15.3. The first-order valence-corrected chi connectivity index (χ1v) is 11.2. The van der Waals surface area contributed by atoms with Gasteiger partial charge in [-0.1, -0.05) is 71.1 Å². The highest BCUT2D eigenvalue weighted by Gasteiger charge is 2.35. The largest absolute Gasteiger partial charge is 0.341 e. The molecule has 1 aromatic rings. The van der Waals surface area contributed by atoms with Crippen molar-refractivity contribution >= 4 is 23.9 Å². The molecule has 0 spiro atoms. The molecule has 1 heterocycles. The number of carbonyl (C=O) groups is 1. The predicted octanol–water partition coefficient (Wildman–Crippen LogP) is 7.64. The average molecular weight is 411 g/mol. The van der Waals surface area contributed by atoms with Crippen molar-refractivity contribution in [2.75, 3.05) is 11.4 Å². The van der Waals surface area contributed by atoms with Gasteiger partial charge < -0.3 is 4.98 Å². The fourth-order valence-electron chi connectivity index (χ4n) is 3.97. The minimum absolute atomic E-state index is 0.166. The first kappa shape index (κ1) is 25.7. The number of amides is 1. The number of rotatable bonds is 10. The van der Waals surface area contributed by atoms with Gasteiger partial charge in [-0.3, -0.25) is 9.69 Å². The first-order chi connectivity index (χ1) is 14.1. The van der Waals surface area contributed by atoms with Crippen molar-refractivity contribution in [2.24, 2.45) is 17.3 Å². The third-order valence-electron chi connectivity index (χ3n) is 5.29. The highest BCUT2D eigenvalue weighted by atomic mass is 16.2. The van der Waals surface area contributed by atoms with Crippen molar-refractivity contribution in [2.45, 2.75) is 68.7 Å². The fraction of sp³-hybridized carbons (Fsp3) is 0.519. The maximum Gasteiger partial charge on any atom is 0.233 e. The zero-order chi connectivity index (χ0) is 22.9. The predicted molar refractivity (Wildman–Crippen MR) is 134 cm³/mol. The van der Waals surface area contributed by atoms with E-state index in [2.05, 4.69) is 83.0 Å². The van der Waals surface area contributed by atoms with E-state index in [4.69, 9.17) is 0 Å². The number of hydrogen-bond acceptors (Lipinski definition) is 1. The van der Waals surface area contributed by atoms with Crippen LogP contribution in [0, 0.1) is 17.3 Å². The smallest absolute Gasteiger partial charge is 0.233 e. The summed E-state index contributed by atoms with van der Waals surface area (Å²) in [6, 6.07) is 2.09. The van der Waals surface area contributed by atoms with Gasteiger partial charge in [0.2, 0.25) is 5.91 Å². The van der Waals surface area contributed by atoms with Crippen LogP contribution < -0.4 is 4.90 Å². The molecule has 1 atom stereocenters. The van der Waals surface area contributed by atoms with Gasteiger partial charge in [0.05, 0.1) is 0 Å². The second-order valence-corrected chi connectivity index (χ2v) is 9.11. The molecule has 1 rings (SSSR count). The summed E-state index contributed by atoms with van der Waals surface area (Å²) in [5, 5.41) is 0. The van der Waals surface area contributed by atoms with Crippen molar-refractivity contribution in [3.63, 3.8) is 0 Å². The standard InChI is InChI=1S/C27H42N2O/c1-10-14-22(13-4)21(7)18-27(8,9)26(30)29(19-20(5)6)25-17-23(15-11-2)24(28-25)16-12-3/h10-17,20-21,28H,18-19H2,1-9H3/b14-10?,15-11?,16-12-,22-13?. The summed E-state index contributed by atoms with van der Waals surface area (Å²) in [6.45, 7) is 19.5. The second kappa shape index (κ2) is 11.8. The molecule has 30 heavy (non-hydrogen) atoms. The lowest BCUT2D eigenvalue weighted by Crippen LogP contribution is -2.44. The van der Waals surface area contributed by atoms with E-state index in [-0.39, 0.29) is 5.91 Å². The molecule has 1 N–H and O–H groups in total. The van der Waals surface area contributed by atoms with Gasteiger partial charge >= 0.3 is 0 Å². The van der Waals surface area contributed by atoms with E-state index in [9.17, 15) is 4.79 Å². The highest BCUT2D eigenvalue weighted by molar-refractivity contribution is 5.97. The van der Waals surface area contributed by atoms with Crippen molar-refractivity contribution < 1.29 is 4.79 Å². The fourth-order valence-corrected chi connectivity index (χ4v) is 3.97. The molecule has 1 aromatic heterocycles. The van der Waals surface area contributed by atoms with Gasteiger partial charge in [0.15, 0.2) is 0 Å². The Balaban J connectivity index is 3.31. The van der Waals surface area contributed by atoms with Crippen LogP contribution in [-0.2, 0) is 4.79 Å². The van der Waals surface area contributed by atoms with Gasteiger partial charge in [-0.15, -0.1) is 0 Å². The molecule has 166 valence electrons. The monoisotopic (exact) mass is 410 g/mol. The summed E-state index contributed by atoms with van der Waals surface area (Å²) in [4.78, 5) is 19.2. The van der Waals surface area contributed by atoms with Crippen molar-refractivity contribution in [3.05, 3.63) is 53.3 Å². The third-order valence-corrected chi connectivity index (χ3v) is 5.29. The highest BCUT2D eigenvalue weighted by Crippen LogP contribution is 2.34. The van der Waals surface area contributed by atoms with E-state index in [1.165, 1.54) is 5.57 Å². The molecule has 0 aromatic carbocycles. The van der Waals surface area contributed by atoms with Crippen molar-refractivity contribution in [3.8, 4) is 0 Å². The number of aromatic nitrogens is 1. The molecule has 0 aliphatic carbocycles. The van der Waals surface area contributed by atoms with Crippen LogP contribution in [-0.4, -0.2) is 17.4 Å². The normalized spacial score (nSPS) is 14.5. The molecular formula is C27H42N2O. The summed E-state index contributed by atoms with van der Waals surface area (Å²) in [5.41, 5.74) is 2.93. The quantitative estimate of drug-likeness (QED) is 0.395. The molecule has 1 unspecified atom stereocenters. The van der Waals surface area contributed by atoms with Crippen LogP contribution >= 0.6 is 0 Å². The molecule has 3 heteroatoms. The minimum atomic E-state index is -0.475. The Kier molecular flexibility index (Phi) is 10.1. The molecule has 0 bridgehead atoms. The topological polar surface area (TPSA) is 36.1 Å². The Morgan fingerprint density at radius 1 is 1.07 bits per heavy atom. The maximum absolute atomic E-state index is 13.8. The van der Waals surface area contributed by atoms with Crippen LogP contribution in [0.1, 0.15) is 80.0 Å². The molecule has 0 saturated carbocycles. The van der Waals surface area contributed by atoms with Gasteiger partial charge in [-0.25, -0.2) is 0 Å². The first-order valence-electron chi connectivity index (χ1n) is 11.2. The number of H-pyrrole nitrogens is 1. The molecule has 3 nitrogen and oxygen atoms in total. The van der Waals surface area contributed by atoms with E-state index in [1.54, 1.807) is 0 Å². The summed E-state index contributed by atoms with van der Waals surface area (Å²) < 4.78 is 0. The number of nitrogens with zero attached hydrogens (tertiary/aromatic N) is 1. The Morgan fingerprint density at radius 2 is 1.70 bits per heavy atom. The van der Waals surface area contributed by atoms with Gasteiger partial charge in [0.25, 0.3) is 0 Å². The van der Waals surface area contributed by atoms with Crippen LogP contribution in [0.4, 0.5) is 5.82 Å². The number of allylic oxidation sites excluding steroid dienone is 6. The molecule has 0 saturated heterocycles. The van der Waals surface area contributed by atoms with Gasteiger partial charge in [-0.2, -0.15) is 0 Å². The van der Waals surface area contributed by atoms with E-state index < -0.39 is 5.41 Å². The van der Waals surface area contributed by atoms with Crippen LogP contribution in [0.25, 0.3) is 12.2 Å². The Labute approximate surface area is 184 Å². The number of anilines is 1. The van der Waals surface area contributed by atoms with Crippen LogP contribution in [0.15, 0.2) is 42.0 Å².